The standard InChI is InChI=1S/C15H13BrF3NO/c1-20-9-10-2-5-12(6-3-10)21-14-7-4-11(16)8-13(14)15(17,18)19/h2-8,20H,9H2,1H3. The van der Waals surface area contributed by atoms with Crippen LogP contribution in [0.1, 0.15) is 11.1 Å². The van der Waals surface area contributed by atoms with Crippen molar-refractivity contribution in [3.63, 3.8) is 0 Å². The fourth-order valence-electron chi connectivity index (χ4n) is 1.82. The monoisotopic (exact) mass is 359 g/mol. The highest BCUT2D eigenvalue weighted by Gasteiger charge is 2.34. The van der Waals surface area contributed by atoms with Crippen molar-refractivity contribution in [2.45, 2.75) is 12.7 Å². The molecule has 0 unspecified atom stereocenters. The number of hydrogen-bond acceptors (Lipinski definition) is 2. The van der Waals surface area contributed by atoms with E-state index in [4.69, 9.17) is 4.74 Å². The molecular formula is C15H13BrF3NO. The quantitative estimate of drug-likeness (QED) is 0.831. The maximum atomic E-state index is 13.0. The molecule has 21 heavy (non-hydrogen) atoms. The minimum absolute atomic E-state index is 0.216. The van der Waals surface area contributed by atoms with E-state index in [1.165, 1.54) is 12.1 Å². The van der Waals surface area contributed by atoms with Crippen LogP contribution in [0.4, 0.5) is 13.2 Å². The molecule has 112 valence electrons. The molecule has 0 bridgehead atoms. The molecular weight excluding hydrogens is 347 g/mol. The number of hydrogen-bond donors (Lipinski definition) is 1. The molecule has 0 aliphatic heterocycles. The first-order valence-corrected chi connectivity index (χ1v) is 6.97. The predicted octanol–water partition coefficient (Wildman–Crippen LogP) is 4.98. The van der Waals surface area contributed by atoms with E-state index >= 15 is 0 Å². The molecule has 0 amide bonds. The molecule has 0 radical (unpaired) electrons. The normalized spacial score (nSPS) is 11.5. The van der Waals surface area contributed by atoms with Crippen molar-refractivity contribution >= 4 is 15.9 Å². The number of ether oxygens (including phenoxy) is 1. The minimum atomic E-state index is -4.47. The van der Waals surface area contributed by atoms with Crippen molar-refractivity contribution in [3.8, 4) is 11.5 Å². The van der Waals surface area contributed by atoms with Crippen molar-refractivity contribution in [1.82, 2.24) is 5.32 Å². The SMILES string of the molecule is CNCc1ccc(Oc2ccc(Br)cc2C(F)(F)F)cc1. The van der Waals surface area contributed by atoms with Crippen molar-refractivity contribution in [1.29, 1.82) is 0 Å². The Kier molecular flexibility index (Phi) is 4.90. The summed E-state index contributed by atoms with van der Waals surface area (Å²) in [4.78, 5) is 0. The molecule has 0 saturated carbocycles. The van der Waals surface area contributed by atoms with Crippen LogP contribution in [0.15, 0.2) is 46.9 Å². The lowest BCUT2D eigenvalue weighted by molar-refractivity contribution is -0.138. The summed E-state index contributed by atoms with van der Waals surface area (Å²) in [6.07, 6.45) is -4.47. The number of nitrogens with one attached hydrogen (secondary N) is 1. The Bertz CT molecular complexity index is 611. The summed E-state index contributed by atoms with van der Waals surface area (Å²) in [5.74, 6) is 0.148. The third kappa shape index (κ3) is 4.22. The molecule has 2 aromatic rings. The highest BCUT2D eigenvalue weighted by Crippen LogP contribution is 2.39. The number of alkyl halides is 3. The fourth-order valence-corrected chi connectivity index (χ4v) is 2.18. The van der Waals surface area contributed by atoms with Gasteiger partial charge in [0.05, 0.1) is 5.56 Å². The van der Waals surface area contributed by atoms with Gasteiger partial charge in [-0.25, -0.2) is 0 Å². The molecule has 1 N–H and O–H groups in total. The van der Waals surface area contributed by atoms with Crippen LogP contribution in [-0.4, -0.2) is 7.05 Å². The molecule has 2 nitrogen and oxygen atoms in total. The Hall–Kier alpha value is -1.53. The highest BCUT2D eigenvalue weighted by atomic mass is 79.9. The Morgan fingerprint density at radius 3 is 2.33 bits per heavy atom. The molecule has 0 aliphatic rings. The number of halogens is 4. The zero-order valence-electron chi connectivity index (χ0n) is 11.2. The summed E-state index contributed by atoms with van der Waals surface area (Å²) in [6, 6.07) is 10.7. The summed E-state index contributed by atoms with van der Waals surface area (Å²) in [7, 11) is 1.82. The Morgan fingerprint density at radius 1 is 1.10 bits per heavy atom. The van der Waals surface area contributed by atoms with Crippen molar-refractivity contribution in [2.24, 2.45) is 0 Å². The second-order valence-electron chi connectivity index (χ2n) is 4.41. The maximum Gasteiger partial charge on any atom is 0.420 e. The van der Waals surface area contributed by atoms with Crippen LogP contribution in [0, 0.1) is 0 Å². The van der Waals surface area contributed by atoms with Crippen LogP contribution in [0.25, 0.3) is 0 Å². The van der Waals surface area contributed by atoms with Gasteiger partial charge in [-0.2, -0.15) is 13.2 Å². The van der Waals surface area contributed by atoms with Gasteiger partial charge in [0.2, 0.25) is 0 Å². The minimum Gasteiger partial charge on any atom is -0.457 e. The van der Waals surface area contributed by atoms with Gasteiger partial charge in [0.1, 0.15) is 11.5 Å². The van der Waals surface area contributed by atoms with E-state index in [1.54, 1.807) is 24.3 Å². The lowest BCUT2D eigenvalue weighted by Gasteiger charge is -2.14. The van der Waals surface area contributed by atoms with Gasteiger partial charge in [-0.15, -0.1) is 0 Å². The zero-order chi connectivity index (χ0) is 15.5. The molecule has 0 heterocycles. The second kappa shape index (κ2) is 6.49. The van der Waals surface area contributed by atoms with Crippen LogP contribution >= 0.6 is 15.9 Å². The van der Waals surface area contributed by atoms with Gasteiger partial charge in [0, 0.05) is 11.0 Å². The van der Waals surface area contributed by atoms with Gasteiger partial charge in [-0.3, -0.25) is 0 Å². The molecule has 0 saturated heterocycles. The van der Waals surface area contributed by atoms with Gasteiger partial charge in [0.25, 0.3) is 0 Å². The third-order valence-corrected chi connectivity index (χ3v) is 3.27. The second-order valence-corrected chi connectivity index (χ2v) is 5.33. The van der Waals surface area contributed by atoms with Crippen LogP contribution < -0.4 is 10.1 Å². The molecule has 2 aromatic carbocycles. The molecule has 0 atom stereocenters. The van der Waals surface area contributed by atoms with Crippen LogP contribution in [-0.2, 0) is 12.7 Å². The molecule has 0 spiro atoms. The smallest absolute Gasteiger partial charge is 0.420 e. The van der Waals surface area contributed by atoms with Crippen LogP contribution in [0.5, 0.6) is 11.5 Å². The summed E-state index contributed by atoms with van der Waals surface area (Å²) in [6.45, 7) is 0.687. The van der Waals surface area contributed by atoms with Gasteiger partial charge < -0.3 is 10.1 Å². The van der Waals surface area contributed by atoms with Gasteiger partial charge in [0.15, 0.2) is 0 Å². The molecule has 0 aromatic heterocycles. The summed E-state index contributed by atoms with van der Waals surface area (Å²) in [5.41, 5.74) is 0.216. The van der Waals surface area contributed by atoms with Gasteiger partial charge in [-0.05, 0) is 42.9 Å². The number of benzene rings is 2. The van der Waals surface area contributed by atoms with E-state index in [1.807, 2.05) is 7.05 Å². The van der Waals surface area contributed by atoms with Gasteiger partial charge in [-0.1, -0.05) is 28.1 Å². The average molecular weight is 360 g/mol. The zero-order valence-corrected chi connectivity index (χ0v) is 12.8. The van der Waals surface area contributed by atoms with Crippen LogP contribution in [0.3, 0.4) is 0 Å². The molecule has 6 heteroatoms. The fraction of sp³-hybridized carbons (Fsp3) is 0.200. The largest absolute Gasteiger partial charge is 0.457 e. The van der Waals surface area contributed by atoms with Gasteiger partial charge >= 0.3 is 6.18 Å². The van der Waals surface area contributed by atoms with E-state index in [0.717, 1.165) is 11.6 Å². The van der Waals surface area contributed by atoms with E-state index in [-0.39, 0.29) is 5.75 Å². The topological polar surface area (TPSA) is 21.3 Å². The summed E-state index contributed by atoms with van der Waals surface area (Å²) < 4.78 is 44.7. The molecule has 0 fully saturated rings. The van der Waals surface area contributed by atoms with E-state index in [2.05, 4.69) is 21.2 Å². The lowest BCUT2D eigenvalue weighted by atomic mass is 10.2. The van der Waals surface area contributed by atoms with Crippen LogP contribution in [0.2, 0.25) is 0 Å². The summed E-state index contributed by atoms with van der Waals surface area (Å²) >= 11 is 3.04. The highest BCUT2D eigenvalue weighted by molar-refractivity contribution is 9.10. The first-order chi connectivity index (χ1) is 9.90. The van der Waals surface area contributed by atoms with E-state index in [9.17, 15) is 13.2 Å². The van der Waals surface area contributed by atoms with Crippen molar-refractivity contribution in [2.75, 3.05) is 7.05 Å². The third-order valence-electron chi connectivity index (χ3n) is 2.78. The van der Waals surface area contributed by atoms with Crippen molar-refractivity contribution < 1.29 is 17.9 Å². The summed E-state index contributed by atoms with van der Waals surface area (Å²) in [5, 5.41) is 2.99. The average Bonchev–Trinajstić information content (AvgIpc) is 2.42. The first-order valence-electron chi connectivity index (χ1n) is 6.18. The Balaban J connectivity index is 2.27. The van der Waals surface area contributed by atoms with E-state index in [0.29, 0.717) is 16.8 Å². The Labute approximate surface area is 129 Å². The number of rotatable bonds is 4. The predicted molar refractivity (Wildman–Crippen MR) is 78.4 cm³/mol. The van der Waals surface area contributed by atoms with E-state index < -0.39 is 11.7 Å². The Morgan fingerprint density at radius 2 is 1.76 bits per heavy atom. The molecule has 2 rings (SSSR count). The maximum absolute atomic E-state index is 13.0. The van der Waals surface area contributed by atoms with Crippen molar-refractivity contribution in [3.05, 3.63) is 58.1 Å². The first kappa shape index (κ1) is 15.9. The lowest BCUT2D eigenvalue weighted by Crippen LogP contribution is -2.07. The molecule has 0 aliphatic carbocycles.